The van der Waals surface area contributed by atoms with E-state index in [0.29, 0.717) is 142 Å². The maximum Gasteiger partial charge on any atom is 0.283 e. The fraction of sp³-hybridized carbons (Fsp3) is 0.532. The Morgan fingerprint density at radius 3 is 1.44 bits per heavy atom. The standard InChI is InChI=1S/C47H67N9O12/c1-3-40(57)18-28-66-30-32-68-33-31-67-29-19-48-43(58)17-16-42(41-11-7-12-44(59)49(41)2)53-26-24-51(35-38-9-5-14-46(61)55(38)64)22-20-50(34-37-8-4-13-45(60)54(37)63)21-23-52(25-27-53)36-39-10-6-15-47(62)56(39)65/h4-15,42,63-65H,3,16-36H2,1-2H3,(H,48,58). The molecule has 1 saturated heterocycles. The minimum Gasteiger partial charge on any atom is -0.425 e. The van der Waals surface area contributed by atoms with Crippen molar-refractivity contribution in [1.29, 1.82) is 0 Å². The van der Waals surface area contributed by atoms with Gasteiger partial charge in [-0.2, -0.15) is 14.2 Å². The smallest absolute Gasteiger partial charge is 0.283 e. The summed E-state index contributed by atoms with van der Waals surface area (Å²) in [6, 6.07) is 18.2. The molecule has 4 aromatic rings. The predicted octanol–water partition coefficient (Wildman–Crippen LogP) is 0.761. The van der Waals surface area contributed by atoms with Crippen LogP contribution < -0.4 is 27.6 Å². The number of nitrogens with zero attached hydrogens (tertiary/aromatic N) is 8. The summed E-state index contributed by atoms with van der Waals surface area (Å²) in [5.41, 5.74) is -0.110. The topological polar surface area (TPSA) is 236 Å². The number of Topliss-reactive ketones (excluding diaryl/α,β-unsaturated/α-hetero) is 1. The van der Waals surface area contributed by atoms with Crippen molar-refractivity contribution in [3.05, 3.63) is 137 Å². The lowest BCUT2D eigenvalue weighted by molar-refractivity contribution is -0.122. The molecule has 0 spiro atoms. The van der Waals surface area contributed by atoms with Gasteiger partial charge in [0.2, 0.25) is 5.91 Å². The van der Waals surface area contributed by atoms with Crippen LogP contribution in [0.2, 0.25) is 0 Å². The van der Waals surface area contributed by atoms with E-state index < -0.39 is 22.7 Å². The van der Waals surface area contributed by atoms with Gasteiger partial charge in [0.15, 0.2) is 0 Å². The Kier molecular flexibility index (Phi) is 21.7. The van der Waals surface area contributed by atoms with Crippen LogP contribution in [-0.4, -0.2) is 164 Å². The molecule has 5 heterocycles. The van der Waals surface area contributed by atoms with Crippen molar-refractivity contribution < 1.29 is 39.4 Å². The molecule has 0 aliphatic carbocycles. The van der Waals surface area contributed by atoms with Crippen LogP contribution in [0.15, 0.2) is 92.0 Å². The zero-order valence-electron chi connectivity index (χ0n) is 39.2. The number of nitrogens with one attached hydrogen (secondary N) is 1. The molecule has 1 fully saturated rings. The van der Waals surface area contributed by atoms with E-state index in [1.807, 2.05) is 13.0 Å². The number of rotatable bonds is 24. The number of amides is 1. The van der Waals surface area contributed by atoms with Crippen molar-refractivity contribution in [1.82, 2.24) is 43.7 Å². The predicted molar refractivity (Wildman–Crippen MR) is 250 cm³/mol. The molecule has 1 aliphatic rings. The van der Waals surface area contributed by atoms with Crippen molar-refractivity contribution in [2.45, 2.75) is 58.3 Å². The Morgan fingerprint density at radius 2 is 0.971 bits per heavy atom. The van der Waals surface area contributed by atoms with Crippen LogP contribution in [0.25, 0.3) is 0 Å². The first-order chi connectivity index (χ1) is 32.8. The van der Waals surface area contributed by atoms with Gasteiger partial charge in [-0.25, -0.2) is 0 Å². The third kappa shape index (κ3) is 16.7. The zero-order chi connectivity index (χ0) is 48.8. The average Bonchev–Trinajstić information content (AvgIpc) is 3.32. The van der Waals surface area contributed by atoms with Crippen molar-refractivity contribution in [3.63, 3.8) is 0 Å². The minimum absolute atomic E-state index is 0.122. The highest BCUT2D eigenvalue weighted by molar-refractivity contribution is 5.78. The van der Waals surface area contributed by atoms with Gasteiger partial charge in [-0.1, -0.05) is 31.2 Å². The molecule has 4 aromatic heterocycles. The number of carbonyl (C=O) groups excluding carboxylic acids is 2. The van der Waals surface area contributed by atoms with Gasteiger partial charge in [-0.15, -0.1) is 0 Å². The fourth-order valence-corrected chi connectivity index (χ4v) is 7.91. The van der Waals surface area contributed by atoms with E-state index in [9.17, 15) is 44.4 Å². The monoisotopic (exact) mass is 949 g/mol. The first-order valence-corrected chi connectivity index (χ1v) is 23.1. The summed E-state index contributed by atoms with van der Waals surface area (Å²) in [5.74, 6) is -0.0430. The third-order valence-corrected chi connectivity index (χ3v) is 11.9. The molecule has 1 unspecified atom stereocenters. The zero-order valence-corrected chi connectivity index (χ0v) is 39.2. The van der Waals surface area contributed by atoms with Crippen LogP contribution in [0.1, 0.15) is 61.4 Å². The summed E-state index contributed by atoms with van der Waals surface area (Å²) in [5, 5.41) is 35.0. The highest BCUT2D eigenvalue weighted by atomic mass is 16.5. The lowest BCUT2D eigenvalue weighted by Crippen LogP contribution is -2.47. The summed E-state index contributed by atoms with van der Waals surface area (Å²) in [7, 11) is 1.70. The molecule has 1 aliphatic heterocycles. The number of carbonyl (C=O) groups is 2. The number of ether oxygens (including phenoxy) is 3. The SMILES string of the molecule is CCC(=O)CCOCCOCCOCCNC(=O)CCC(c1cccc(=O)n1C)N1CCN(Cc2cccc(=O)n2O)CCN(Cc2cccc(=O)n2O)CCN(Cc2cccc(=O)n2O)CC1. The summed E-state index contributed by atoms with van der Waals surface area (Å²) in [6.07, 6.45) is 1.35. The van der Waals surface area contributed by atoms with Gasteiger partial charge in [0.05, 0.1) is 62.8 Å². The van der Waals surface area contributed by atoms with Crippen LogP contribution >= 0.6 is 0 Å². The minimum atomic E-state index is -0.573. The van der Waals surface area contributed by atoms with E-state index in [0.717, 1.165) is 0 Å². The van der Waals surface area contributed by atoms with Gasteiger partial charge in [0.1, 0.15) is 5.78 Å². The molecule has 372 valence electrons. The molecule has 68 heavy (non-hydrogen) atoms. The molecule has 0 aromatic carbocycles. The van der Waals surface area contributed by atoms with Crippen LogP contribution in [0.3, 0.4) is 0 Å². The van der Waals surface area contributed by atoms with E-state index in [-0.39, 0.29) is 56.5 Å². The van der Waals surface area contributed by atoms with Gasteiger partial charge in [0, 0.05) is 135 Å². The number of ketones is 1. The number of hydrogen-bond donors (Lipinski definition) is 4. The van der Waals surface area contributed by atoms with Crippen LogP contribution in [0, 0.1) is 0 Å². The molecular formula is C47H67N9O12. The van der Waals surface area contributed by atoms with E-state index in [1.54, 1.807) is 54.1 Å². The summed E-state index contributed by atoms with van der Waals surface area (Å²) in [4.78, 5) is 83.8. The lowest BCUT2D eigenvalue weighted by Gasteiger charge is -2.38. The van der Waals surface area contributed by atoms with Crippen molar-refractivity contribution in [2.24, 2.45) is 7.05 Å². The van der Waals surface area contributed by atoms with Crippen LogP contribution in [0.5, 0.6) is 0 Å². The molecular weight excluding hydrogens is 883 g/mol. The highest BCUT2D eigenvalue weighted by Crippen LogP contribution is 2.26. The van der Waals surface area contributed by atoms with Crippen molar-refractivity contribution in [3.8, 4) is 0 Å². The third-order valence-electron chi connectivity index (χ3n) is 11.9. The molecule has 0 radical (unpaired) electrons. The normalized spacial score (nSPS) is 15.4. The maximum absolute atomic E-state index is 13.4. The van der Waals surface area contributed by atoms with Gasteiger partial charge >= 0.3 is 0 Å². The Labute approximate surface area is 394 Å². The average molecular weight is 950 g/mol. The van der Waals surface area contributed by atoms with E-state index >= 15 is 0 Å². The molecule has 21 heteroatoms. The Hall–Kier alpha value is -5.94. The highest BCUT2D eigenvalue weighted by Gasteiger charge is 2.27. The molecule has 0 bridgehead atoms. The van der Waals surface area contributed by atoms with Gasteiger partial charge < -0.3 is 39.7 Å². The molecule has 0 saturated carbocycles. The first-order valence-electron chi connectivity index (χ1n) is 23.1. The fourth-order valence-electron chi connectivity index (χ4n) is 7.91. The molecule has 4 N–H and O–H groups in total. The second kappa shape index (κ2) is 27.8. The maximum atomic E-state index is 13.4. The van der Waals surface area contributed by atoms with Gasteiger partial charge in [-0.3, -0.25) is 48.4 Å². The van der Waals surface area contributed by atoms with Gasteiger partial charge in [0.25, 0.3) is 22.2 Å². The van der Waals surface area contributed by atoms with Crippen LogP contribution in [-0.2, 0) is 50.5 Å². The summed E-state index contributed by atoms with van der Waals surface area (Å²) < 4.78 is 20.0. The summed E-state index contributed by atoms with van der Waals surface area (Å²) >= 11 is 0. The first kappa shape index (κ1) is 53.0. The molecule has 1 amide bonds. The number of hydrogen-bond acceptors (Lipinski definition) is 16. The second-order valence-corrected chi connectivity index (χ2v) is 16.6. The Balaban J connectivity index is 1.33. The molecule has 21 nitrogen and oxygen atoms in total. The van der Waals surface area contributed by atoms with Crippen LogP contribution in [0.4, 0.5) is 0 Å². The lowest BCUT2D eigenvalue weighted by atomic mass is 10.0. The number of pyridine rings is 4. The largest absolute Gasteiger partial charge is 0.425 e. The summed E-state index contributed by atoms with van der Waals surface area (Å²) in [6.45, 7) is 8.15. The second-order valence-electron chi connectivity index (χ2n) is 16.6. The van der Waals surface area contributed by atoms with Crippen molar-refractivity contribution in [2.75, 3.05) is 98.5 Å². The molecule has 5 rings (SSSR count). The Bertz CT molecular complexity index is 2380. The molecule has 1 atom stereocenters. The number of aromatic nitrogens is 4. The van der Waals surface area contributed by atoms with Crippen molar-refractivity contribution >= 4 is 11.7 Å². The van der Waals surface area contributed by atoms with Gasteiger partial charge in [-0.05, 0) is 30.7 Å². The van der Waals surface area contributed by atoms with E-state index in [1.165, 1.54) is 24.3 Å². The quantitative estimate of drug-likeness (QED) is 0.0561. The van der Waals surface area contributed by atoms with E-state index in [2.05, 4.69) is 24.9 Å². The Morgan fingerprint density at radius 1 is 0.559 bits per heavy atom. The van der Waals surface area contributed by atoms with E-state index in [4.69, 9.17) is 14.2 Å².